The van der Waals surface area contributed by atoms with Crippen LogP contribution in [0, 0.1) is 12.3 Å². The summed E-state index contributed by atoms with van der Waals surface area (Å²) in [4.78, 5) is 42.6. The standard InChI is InChI=1S/C29H39BrN2O3/c1-18-14-19(2)23(27(34)15-18)8-9-26(33)24-16-21(30)17-25(20(24)3)31(7)22-10-12-32(13-11-22)28(35)29(4,5)6/h14,16-17,22H,8-13,15H2,1-7H3. The second kappa shape index (κ2) is 10.8. The predicted octanol–water partition coefficient (Wildman–Crippen LogP) is 6.43. The first kappa shape index (κ1) is 27.4. The van der Waals surface area contributed by atoms with Gasteiger partial charge in [0.2, 0.25) is 5.91 Å². The van der Waals surface area contributed by atoms with Crippen molar-refractivity contribution < 1.29 is 14.4 Å². The number of carbonyl (C=O) groups excluding carboxylic acids is 3. The Balaban J connectivity index is 1.73. The Labute approximate surface area is 218 Å². The summed E-state index contributed by atoms with van der Waals surface area (Å²) >= 11 is 3.61. The summed E-state index contributed by atoms with van der Waals surface area (Å²) in [5.74, 6) is 0.402. The molecule has 1 saturated heterocycles. The largest absolute Gasteiger partial charge is 0.371 e. The van der Waals surface area contributed by atoms with Crippen LogP contribution in [0.5, 0.6) is 0 Å². The maximum Gasteiger partial charge on any atom is 0.227 e. The lowest BCUT2D eigenvalue weighted by molar-refractivity contribution is -0.140. The molecular weight excluding hydrogens is 504 g/mol. The summed E-state index contributed by atoms with van der Waals surface area (Å²) in [6.07, 6.45) is 5.10. The summed E-state index contributed by atoms with van der Waals surface area (Å²) < 4.78 is 0.872. The Morgan fingerprint density at radius 2 is 1.74 bits per heavy atom. The molecule has 35 heavy (non-hydrogen) atoms. The van der Waals surface area contributed by atoms with Crippen molar-refractivity contribution in [2.45, 2.75) is 79.7 Å². The van der Waals surface area contributed by atoms with Crippen LogP contribution in [0.2, 0.25) is 0 Å². The van der Waals surface area contributed by atoms with Crippen molar-refractivity contribution in [1.82, 2.24) is 4.90 Å². The van der Waals surface area contributed by atoms with Crippen molar-refractivity contribution >= 4 is 39.1 Å². The first-order valence-corrected chi connectivity index (χ1v) is 13.3. The van der Waals surface area contributed by atoms with Gasteiger partial charge in [0.05, 0.1) is 0 Å². The average molecular weight is 544 g/mol. The fourth-order valence-electron chi connectivity index (χ4n) is 5.25. The van der Waals surface area contributed by atoms with E-state index in [1.54, 1.807) is 0 Å². The highest BCUT2D eigenvalue weighted by atomic mass is 79.9. The number of ketones is 2. The topological polar surface area (TPSA) is 57.7 Å². The van der Waals surface area contributed by atoms with Crippen LogP contribution in [-0.2, 0) is 9.59 Å². The van der Waals surface area contributed by atoms with Gasteiger partial charge in [-0.1, -0.05) is 48.4 Å². The molecule has 0 N–H and O–H groups in total. The summed E-state index contributed by atoms with van der Waals surface area (Å²) in [7, 11) is 2.08. The Morgan fingerprint density at radius 1 is 1.11 bits per heavy atom. The lowest BCUT2D eigenvalue weighted by Gasteiger charge is -2.40. The number of Topliss-reactive ketones (excluding diaryl/α,β-unsaturated/α-hetero) is 2. The molecule has 190 valence electrons. The summed E-state index contributed by atoms with van der Waals surface area (Å²) in [5.41, 5.74) is 5.18. The minimum absolute atomic E-state index is 0.0587. The van der Waals surface area contributed by atoms with Crippen molar-refractivity contribution in [3.8, 4) is 0 Å². The molecule has 6 heteroatoms. The van der Waals surface area contributed by atoms with Crippen LogP contribution in [0.4, 0.5) is 5.69 Å². The van der Waals surface area contributed by atoms with Crippen LogP contribution >= 0.6 is 15.9 Å². The molecule has 0 unspecified atom stereocenters. The first-order chi connectivity index (χ1) is 16.3. The second-order valence-electron chi connectivity index (χ2n) is 11.2. The molecule has 0 atom stereocenters. The third-order valence-electron chi connectivity index (χ3n) is 7.28. The molecule has 0 aromatic heterocycles. The van der Waals surface area contributed by atoms with E-state index in [1.807, 2.05) is 52.5 Å². The van der Waals surface area contributed by atoms with Crippen LogP contribution < -0.4 is 4.90 Å². The normalized spacial score (nSPS) is 17.5. The number of piperidine rings is 1. The molecule has 1 aliphatic heterocycles. The van der Waals surface area contributed by atoms with Gasteiger partial charge < -0.3 is 9.80 Å². The number of nitrogens with zero attached hydrogens (tertiary/aromatic N) is 2. The number of benzene rings is 1. The first-order valence-electron chi connectivity index (χ1n) is 12.5. The van der Waals surface area contributed by atoms with E-state index in [-0.39, 0.29) is 22.9 Å². The number of allylic oxidation sites excluding steroid dienone is 4. The van der Waals surface area contributed by atoms with Crippen molar-refractivity contribution in [3.63, 3.8) is 0 Å². The zero-order valence-corrected chi connectivity index (χ0v) is 23.8. The van der Waals surface area contributed by atoms with E-state index in [2.05, 4.69) is 40.0 Å². The van der Waals surface area contributed by atoms with Crippen molar-refractivity contribution in [1.29, 1.82) is 0 Å². The monoisotopic (exact) mass is 542 g/mol. The number of rotatable bonds is 6. The molecule has 1 aromatic rings. The molecule has 1 aliphatic carbocycles. The summed E-state index contributed by atoms with van der Waals surface area (Å²) in [6.45, 7) is 13.3. The predicted molar refractivity (Wildman–Crippen MR) is 146 cm³/mol. The van der Waals surface area contributed by atoms with Gasteiger partial charge in [-0.2, -0.15) is 0 Å². The maximum atomic E-state index is 13.3. The van der Waals surface area contributed by atoms with Gasteiger partial charge in [-0.25, -0.2) is 0 Å². The fourth-order valence-corrected chi connectivity index (χ4v) is 5.69. The van der Waals surface area contributed by atoms with Crippen LogP contribution in [0.15, 0.2) is 39.4 Å². The van der Waals surface area contributed by atoms with Crippen LogP contribution in [0.3, 0.4) is 0 Å². The van der Waals surface area contributed by atoms with E-state index < -0.39 is 0 Å². The third-order valence-corrected chi connectivity index (χ3v) is 7.74. The quantitative estimate of drug-likeness (QED) is 0.388. The number of hydrogen-bond acceptors (Lipinski definition) is 4. The van der Waals surface area contributed by atoms with E-state index in [9.17, 15) is 14.4 Å². The van der Waals surface area contributed by atoms with Gasteiger partial charge in [0.25, 0.3) is 0 Å². The molecule has 0 bridgehead atoms. The lowest BCUT2D eigenvalue weighted by Crippen LogP contribution is -2.48. The molecule has 2 aliphatic rings. The van der Waals surface area contributed by atoms with Gasteiger partial charge in [-0.3, -0.25) is 14.4 Å². The lowest BCUT2D eigenvalue weighted by atomic mass is 9.88. The Hall–Kier alpha value is -2.21. The van der Waals surface area contributed by atoms with Crippen LogP contribution in [0.1, 0.15) is 82.6 Å². The molecule has 0 saturated carbocycles. The van der Waals surface area contributed by atoms with Crippen LogP contribution in [0.25, 0.3) is 0 Å². The Bertz CT molecular complexity index is 1090. The highest BCUT2D eigenvalue weighted by Crippen LogP contribution is 2.33. The van der Waals surface area contributed by atoms with Gasteiger partial charge in [-0.05, 0) is 68.9 Å². The van der Waals surface area contributed by atoms with E-state index in [1.165, 1.54) is 0 Å². The van der Waals surface area contributed by atoms with Crippen molar-refractivity contribution in [2.75, 3.05) is 25.0 Å². The van der Waals surface area contributed by atoms with Gasteiger partial charge in [0.1, 0.15) is 0 Å². The Kier molecular flexibility index (Phi) is 8.46. The summed E-state index contributed by atoms with van der Waals surface area (Å²) in [6, 6.07) is 4.27. The fraction of sp³-hybridized carbons (Fsp3) is 0.552. The number of hydrogen-bond donors (Lipinski definition) is 0. The van der Waals surface area contributed by atoms with Crippen LogP contribution in [-0.4, -0.2) is 48.6 Å². The molecule has 1 amide bonds. The van der Waals surface area contributed by atoms with Gasteiger partial charge in [-0.15, -0.1) is 0 Å². The number of amides is 1. The smallest absolute Gasteiger partial charge is 0.227 e. The van der Waals surface area contributed by atoms with E-state index in [4.69, 9.17) is 0 Å². The molecule has 1 heterocycles. The maximum absolute atomic E-state index is 13.3. The van der Waals surface area contributed by atoms with Gasteiger partial charge in [0, 0.05) is 60.2 Å². The summed E-state index contributed by atoms with van der Waals surface area (Å²) in [5, 5.41) is 0. The number of anilines is 1. The Morgan fingerprint density at radius 3 is 2.31 bits per heavy atom. The number of halogens is 1. The molecular formula is C29H39BrN2O3. The highest BCUT2D eigenvalue weighted by molar-refractivity contribution is 9.10. The van der Waals surface area contributed by atoms with Gasteiger partial charge in [0.15, 0.2) is 11.6 Å². The third kappa shape index (κ3) is 6.32. The molecule has 1 fully saturated rings. The average Bonchev–Trinajstić information content (AvgIpc) is 2.78. The van der Waals surface area contributed by atoms with Gasteiger partial charge >= 0.3 is 0 Å². The highest BCUT2D eigenvalue weighted by Gasteiger charge is 2.32. The minimum Gasteiger partial charge on any atom is -0.371 e. The molecule has 1 aromatic carbocycles. The second-order valence-corrected chi connectivity index (χ2v) is 12.1. The number of carbonyl (C=O) groups is 3. The number of likely N-dealkylation sites (tertiary alicyclic amines) is 1. The van der Waals surface area contributed by atoms with Crippen molar-refractivity contribution in [2.24, 2.45) is 5.41 Å². The molecule has 0 radical (unpaired) electrons. The SMILES string of the molecule is CC1=CC(C)=C(CCC(=O)c2cc(Br)cc(N(C)C3CCN(C(=O)C(C)(C)C)CC3)c2C)C(=O)C1. The zero-order chi connectivity index (χ0) is 26.1. The van der Waals surface area contributed by atoms with E-state index >= 15 is 0 Å². The zero-order valence-electron chi connectivity index (χ0n) is 22.3. The van der Waals surface area contributed by atoms with E-state index in [0.29, 0.717) is 30.9 Å². The minimum atomic E-state index is -0.360. The molecule has 5 nitrogen and oxygen atoms in total. The van der Waals surface area contributed by atoms with Crippen molar-refractivity contribution in [3.05, 3.63) is 50.5 Å². The van der Waals surface area contributed by atoms with E-state index in [0.717, 1.165) is 58.4 Å². The molecule has 0 spiro atoms. The molecule has 3 rings (SSSR count).